The quantitative estimate of drug-likeness (QED) is 0.657. The number of aryl methyl sites for hydroxylation is 1. The lowest BCUT2D eigenvalue weighted by Crippen LogP contribution is -1.99. The van der Waals surface area contributed by atoms with Crippen LogP contribution in [0.15, 0.2) is 60.7 Å². The lowest BCUT2D eigenvalue weighted by Gasteiger charge is -2.11. The van der Waals surface area contributed by atoms with Crippen molar-refractivity contribution < 1.29 is 9.13 Å². The highest BCUT2D eigenvalue weighted by Gasteiger charge is 2.04. The molecule has 0 atom stereocenters. The topological polar surface area (TPSA) is 9.23 Å². The second kappa shape index (κ2) is 5.33. The Morgan fingerprint density at radius 3 is 2.65 bits per heavy atom. The standard InChI is InChI=1S/C18H15FO/c1-13-9-10-16(19)11-15(13)12-20-18-8-4-6-14-5-2-3-7-17(14)18/h2-11H,12H2,1H3. The number of halogens is 1. The normalized spacial score (nSPS) is 10.7. The van der Waals surface area contributed by atoms with E-state index in [2.05, 4.69) is 12.1 Å². The van der Waals surface area contributed by atoms with Crippen molar-refractivity contribution in [2.75, 3.05) is 0 Å². The van der Waals surface area contributed by atoms with Crippen LogP contribution in [0.5, 0.6) is 5.75 Å². The van der Waals surface area contributed by atoms with Crippen LogP contribution >= 0.6 is 0 Å². The van der Waals surface area contributed by atoms with Crippen molar-refractivity contribution in [2.24, 2.45) is 0 Å². The predicted molar refractivity (Wildman–Crippen MR) is 79.4 cm³/mol. The minimum Gasteiger partial charge on any atom is -0.488 e. The zero-order valence-corrected chi connectivity index (χ0v) is 11.3. The lowest BCUT2D eigenvalue weighted by molar-refractivity contribution is 0.308. The summed E-state index contributed by atoms with van der Waals surface area (Å²) in [5.74, 6) is 0.596. The van der Waals surface area contributed by atoms with E-state index >= 15 is 0 Å². The molecule has 0 aliphatic heterocycles. The maximum Gasteiger partial charge on any atom is 0.127 e. The Morgan fingerprint density at radius 1 is 0.950 bits per heavy atom. The molecule has 0 fully saturated rings. The van der Waals surface area contributed by atoms with Gasteiger partial charge in [0, 0.05) is 5.39 Å². The molecule has 0 aromatic heterocycles. The molecule has 0 saturated carbocycles. The van der Waals surface area contributed by atoms with Crippen molar-refractivity contribution in [3.8, 4) is 5.75 Å². The predicted octanol–water partition coefficient (Wildman–Crippen LogP) is 4.87. The zero-order valence-electron chi connectivity index (χ0n) is 11.3. The summed E-state index contributed by atoms with van der Waals surface area (Å²) in [6.45, 7) is 2.33. The first kappa shape index (κ1) is 12.7. The molecule has 2 heteroatoms. The number of benzene rings is 3. The van der Waals surface area contributed by atoms with Gasteiger partial charge in [-0.25, -0.2) is 4.39 Å². The van der Waals surface area contributed by atoms with Crippen molar-refractivity contribution in [1.82, 2.24) is 0 Å². The maximum atomic E-state index is 13.3. The lowest BCUT2D eigenvalue weighted by atomic mass is 10.1. The Morgan fingerprint density at radius 2 is 1.75 bits per heavy atom. The summed E-state index contributed by atoms with van der Waals surface area (Å²) in [5.41, 5.74) is 1.91. The molecule has 0 unspecified atom stereocenters. The van der Waals surface area contributed by atoms with Gasteiger partial charge >= 0.3 is 0 Å². The monoisotopic (exact) mass is 266 g/mol. The fourth-order valence-corrected chi connectivity index (χ4v) is 2.27. The Labute approximate surface area is 117 Å². The number of hydrogen-bond donors (Lipinski definition) is 0. The third kappa shape index (κ3) is 2.50. The number of fused-ring (bicyclic) bond motifs is 1. The minimum absolute atomic E-state index is 0.230. The molecule has 3 rings (SSSR count). The second-order valence-corrected chi connectivity index (χ2v) is 4.84. The van der Waals surface area contributed by atoms with Gasteiger partial charge in [-0.2, -0.15) is 0 Å². The summed E-state index contributed by atoms with van der Waals surface area (Å²) < 4.78 is 19.1. The average Bonchev–Trinajstić information content (AvgIpc) is 2.48. The van der Waals surface area contributed by atoms with Crippen LogP contribution in [0.3, 0.4) is 0 Å². The first-order chi connectivity index (χ1) is 9.74. The van der Waals surface area contributed by atoms with Crippen molar-refractivity contribution in [3.63, 3.8) is 0 Å². The molecule has 0 radical (unpaired) electrons. The van der Waals surface area contributed by atoms with Crippen molar-refractivity contribution >= 4 is 10.8 Å². The number of ether oxygens (including phenoxy) is 1. The highest BCUT2D eigenvalue weighted by Crippen LogP contribution is 2.26. The summed E-state index contributed by atoms with van der Waals surface area (Å²) >= 11 is 0. The van der Waals surface area contributed by atoms with Crippen LogP contribution in [0.25, 0.3) is 10.8 Å². The van der Waals surface area contributed by atoms with E-state index in [0.29, 0.717) is 6.61 Å². The van der Waals surface area contributed by atoms with Gasteiger partial charge in [-0.15, -0.1) is 0 Å². The van der Waals surface area contributed by atoms with E-state index in [4.69, 9.17) is 4.74 Å². The Bertz CT molecular complexity index is 744. The summed E-state index contributed by atoms with van der Waals surface area (Å²) in [6.07, 6.45) is 0. The van der Waals surface area contributed by atoms with Gasteiger partial charge in [-0.05, 0) is 41.6 Å². The van der Waals surface area contributed by atoms with E-state index in [1.165, 1.54) is 12.1 Å². The number of hydrogen-bond acceptors (Lipinski definition) is 1. The van der Waals surface area contributed by atoms with E-state index in [1.54, 1.807) is 6.07 Å². The molecular formula is C18H15FO. The second-order valence-electron chi connectivity index (χ2n) is 4.84. The summed E-state index contributed by atoms with van der Waals surface area (Å²) in [4.78, 5) is 0. The van der Waals surface area contributed by atoms with E-state index in [1.807, 2.05) is 37.3 Å². The molecule has 3 aromatic rings. The molecule has 0 N–H and O–H groups in total. The molecule has 0 heterocycles. The molecule has 0 amide bonds. The fourth-order valence-electron chi connectivity index (χ4n) is 2.27. The summed E-state index contributed by atoms with van der Waals surface area (Å²) in [6, 6.07) is 18.8. The van der Waals surface area contributed by atoms with Crippen molar-refractivity contribution in [1.29, 1.82) is 0 Å². The zero-order chi connectivity index (χ0) is 13.9. The SMILES string of the molecule is Cc1ccc(F)cc1COc1cccc2ccccc12. The molecule has 0 bridgehead atoms. The van der Waals surface area contributed by atoms with Crippen LogP contribution in [0.1, 0.15) is 11.1 Å². The van der Waals surface area contributed by atoms with Gasteiger partial charge in [0.1, 0.15) is 18.2 Å². The highest BCUT2D eigenvalue weighted by molar-refractivity contribution is 5.88. The van der Waals surface area contributed by atoms with Crippen LogP contribution in [0.4, 0.5) is 4.39 Å². The van der Waals surface area contributed by atoms with Crippen LogP contribution < -0.4 is 4.74 Å². The van der Waals surface area contributed by atoms with E-state index < -0.39 is 0 Å². The molecule has 0 aliphatic rings. The molecule has 1 nitrogen and oxygen atoms in total. The van der Waals surface area contributed by atoms with Gasteiger partial charge < -0.3 is 4.74 Å². The van der Waals surface area contributed by atoms with Gasteiger partial charge in [-0.1, -0.05) is 42.5 Å². The van der Waals surface area contributed by atoms with Gasteiger partial charge in [0.05, 0.1) is 0 Å². The van der Waals surface area contributed by atoms with Gasteiger partial charge in [0.2, 0.25) is 0 Å². The van der Waals surface area contributed by atoms with Crippen molar-refractivity contribution in [2.45, 2.75) is 13.5 Å². The fraction of sp³-hybridized carbons (Fsp3) is 0.111. The van der Waals surface area contributed by atoms with Crippen LogP contribution in [-0.4, -0.2) is 0 Å². The molecule has 20 heavy (non-hydrogen) atoms. The molecule has 100 valence electrons. The smallest absolute Gasteiger partial charge is 0.127 e. The van der Waals surface area contributed by atoms with E-state index in [0.717, 1.165) is 27.6 Å². The maximum absolute atomic E-state index is 13.3. The van der Waals surface area contributed by atoms with Gasteiger partial charge in [0.25, 0.3) is 0 Å². The summed E-state index contributed by atoms with van der Waals surface area (Å²) in [5, 5.41) is 2.21. The third-order valence-electron chi connectivity index (χ3n) is 3.44. The van der Waals surface area contributed by atoms with Crippen LogP contribution in [0.2, 0.25) is 0 Å². The van der Waals surface area contributed by atoms with Gasteiger partial charge in [0.15, 0.2) is 0 Å². The van der Waals surface area contributed by atoms with Crippen molar-refractivity contribution in [3.05, 3.63) is 77.6 Å². The Kier molecular flexibility index (Phi) is 3.38. The average molecular weight is 266 g/mol. The number of rotatable bonds is 3. The van der Waals surface area contributed by atoms with Crippen LogP contribution in [0, 0.1) is 12.7 Å². The van der Waals surface area contributed by atoms with Gasteiger partial charge in [-0.3, -0.25) is 0 Å². The third-order valence-corrected chi connectivity index (χ3v) is 3.44. The molecule has 0 saturated heterocycles. The Balaban J connectivity index is 1.89. The molecule has 0 spiro atoms. The Hall–Kier alpha value is -2.35. The summed E-state index contributed by atoms with van der Waals surface area (Å²) in [7, 11) is 0. The van der Waals surface area contributed by atoms with E-state index in [-0.39, 0.29) is 5.82 Å². The highest BCUT2D eigenvalue weighted by atomic mass is 19.1. The van der Waals surface area contributed by atoms with Crippen LogP contribution in [-0.2, 0) is 6.61 Å². The molecule has 3 aromatic carbocycles. The molecule has 0 aliphatic carbocycles. The first-order valence-corrected chi connectivity index (χ1v) is 6.59. The largest absolute Gasteiger partial charge is 0.488 e. The van der Waals surface area contributed by atoms with E-state index in [9.17, 15) is 4.39 Å². The molecular weight excluding hydrogens is 251 g/mol. The first-order valence-electron chi connectivity index (χ1n) is 6.59. The minimum atomic E-state index is -0.230.